The number of halogens is 1. The van der Waals surface area contributed by atoms with Gasteiger partial charge in [0.15, 0.2) is 0 Å². The number of hydrogen-bond acceptors (Lipinski definition) is 2. The van der Waals surface area contributed by atoms with Gasteiger partial charge in [0.25, 0.3) is 0 Å². The maximum atomic E-state index is 7.70. The second kappa shape index (κ2) is 4.70. The third-order valence-corrected chi connectivity index (χ3v) is 3.77. The van der Waals surface area contributed by atoms with Crippen LogP contribution in [0.2, 0.25) is 5.02 Å². The number of nitrogen functional groups attached to an aromatic ring is 1. The zero-order valence-corrected chi connectivity index (χ0v) is 11.2. The number of benzene rings is 1. The molecule has 1 aromatic heterocycles. The Balaban J connectivity index is 2.17. The van der Waals surface area contributed by atoms with E-state index in [1.807, 2.05) is 23.0 Å². The van der Waals surface area contributed by atoms with Crippen molar-refractivity contribution in [2.45, 2.75) is 25.7 Å². The highest BCUT2D eigenvalue weighted by Gasteiger charge is 2.18. The molecule has 0 amide bonds. The van der Waals surface area contributed by atoms with Crippen LogP contribution in [0.1, 0.15) is 29.8 Å². The van der Waals surface area contributed by atoms with Crippen molar-refractivity contribution in [3.63, 3.8) is 0 Å². The van der Waals surface area contributed by atoms with Crippen LogP contribution in [0.4, 0.5) is 0 Å². The van der Waals surface area contributed by atoms with Gasteiger partial charge in [-0.05, 0) is 43.9 Å². The summed E-state index contributed by atoms with van der Waals surface area (Å²) in [4.78, 5) is 4.47. The van der Waals surface area contributed by atoms with Crippen LogP contribution < -0.4 is 5.73 Å². The molecule has 0 radical (unpaired) electrons. The highest BCUT2D eigenvalue weighted by Crippen LogP contribution is 2.26. The first-order valence-electron chi connectivity index (χ1n) is 6.36. The summed E-state index contributed by atoms with van der Waals surface area (Å²) >= 11 is 5.99. The van der Waals surface area contributed by atoms with E-state index in [0.29, 0.717) is 10.6 Å². The highest BCUT2D eigenvalue weighted by molar-refractivity contribution is 6.31. The van der Waals surface area contributed by atoms with Crippen LogP contribution in [0.25, 0.3) is 5.69 Å². The average molecular weight is 275 g/mol. The number of rotatable bonds is 2. The zero-order valence-electron chi connectivity index (χ0n) is 10.5. The normalized spacial score (nSPS) is 14.2. The lowest BCUT2D eigenvalue weighted by Gasteiger charge is -2.16. The Morgan fingerprint density at radius 3 is 2.89 bits per heavy atom. The molecule has 98 valence electrons. The van der Waals surface area contributed by atoms with Crippen molar-refractivity contribution >= 4 is 17.4 Å². The molecule has 5 heteroatoms. The number of nitrogens with zero attached hydrogens (tertiary/aromatic N) is 2. The fourth-order valence-corrected chi connectivity index (χ4v) is 2.78. The molecule has 4 nitrogen and oxygen atoms in total. The van der Waals surface area contributed by atoms with Crippen molar-refractivity contribution in [2.75, 3.05) is 0 Å². The molecule has 0 fully saturated rings. The van der Waals surface area contributed by atoms with Gasteiger partial charge in [-0.25, -0.2) is 4.98 Å². The molecule has 1 heterocycles. The minimum Gasteiger partial charge on any atom is -0.384 e. The standard InChI is InChI=1S/C14H15ClN4/c15-9-5-6-12(10(7-9)14(16)17)19-8-18-11-3-1-2-4-13(11)19/h5-8H,1-4H2,(H3,16,17). The van der Waals surface area contributed by atoms with Gasteiger partial charge >= 0.3 is 0 Å². The number of fused-ring (bicyclic) bond motifs is 1. The molecule has 0 atom stereocenters. The topological polar surface area (TPSA) is 67.7 Å². The van der Waals surface area contributed by atoms with E-state index in [2.05, 4.69) is 4.98 Å². The third-order valence-electron chi connectivity index (χ3n) is 3.54. The molecule has 0 aliphatic heterocycles. The number of amidine groups is 1. The predicted octanol–water partition coefficient (Wildman–Crippen LogP) is 2.69. The van der Waals surface area contributed by atoms with E-state index in [0.717, 1.165) is 24.2 Å². The van der Waals surface area contributed by atoms with Crippen molar-refractivity contribution in [1.82, 2.24) is 9.55 Å². The number of imidazole rings is 1. The van der Waals surface area contributed by atoms with Crippen LogP contribution in [0.5, 0.6) is 0 Å². The summed E-state index contributed by atoms with van der Waals surface area (Å²) in [6.45, 7) is 0. The van der Waals surface area contributed by atoms with Crippen LogP contribution >= 0.6 is 11.6 Å². The van der Waals surface area contributed by atoms with E-state index in [9.17, 15) is 0 Å². The van der Waals surface area contributed by atoms with Crippen molar-refractivity contribution in [2.24, 2.45) is 5.73 Å². The second-order valence-electron chi connectivity index (χ2n) is 4.79. The number of nitrogens with one attached hydrogen (secondary N) is 1. The van der Waals surface area contributed by atoms with Crippen LogP contribution in [-0.2, 0) is 12.8 Å². The Kier molecular flexibility index (Phi) is 3.03. The minimum absolute atomic E-state index is 0.0239. The second-order valence-corrected chi connectivity index (χ2v) is 5.23. The van der Waals surface area contributed by atoms with Gasteiger partial charge in [-0.15, -0.1) is 0 Å². The Morgan fingerprint density at radius 1 is 1.32 bits per heavy atom. The summed E-state index contributed by atoms with van der Waals surface area (Å²) in [5.41, 5.74) is 9.58. The molecule has 3 N–H and O–H groups in total. The maximum absolute atomic E-state index is 7.70. The lowest BCUT2D eigenvalue weighted by molar-refractivity contribution is 0.656. The third kappa shape index (κ3) is 2.12. The molecule has 0 unspecified atom stereocenters. The van der Waals surface area contributed by atoms with Gasteiger partial charge in [0.05, 0.1) is 17.7 Å². The molecular formula is C14H15ClN4. The van der Waals surface area contributed by atoms with Crippen LogP contribution in [0.3, 0.4) is 0 Å². The van der Waals surface area contributed by atoms with Crippen LogP contribution in [0, 0.1) is 5.41 Å². The molecule has 0 saturated heterocycles. The van der Waals surface area contributed by atoms with Crippen LogP contribution in [0.15, 0.2) is 24.5 Å². The summed E-state index contributed by atoms with van der Waals surface area (Å²) in [6.07, 6.45) is 6.26. The van der Waals surface area contributed by atoms with E-state index in [1.54, 1.807) is 6.07 Å². The predicted molar refractivity (Wildman–Crippen MR) is 76.2 cm³/mol. The smallest absolute Gasteiger partial charge is 0.124 e. The van der Waals surface area contributed by atoms with Gasteiger partial charge in [-0.1, -0.05) is 11.6 Å². The SMILES string of the molecule is N=C(N)c1cc(Cl)ccc1-n1cnc2c1CCCC2. The number of aromatic nitrogens is 2. The Labute approximate surface area is 116 Å². The summed E-state index contributed by atoms with van der Waals surface area (Å²) in [7, 11) is 0. The first-order valence-corrected chi connectivity index (χ1v) is 6.74. The lowest BCUT2D eigenvalue weighted by atomic mass is 10.0. The molecule has 1 aliphatic carbocycles. The van der Waals surface area contributed by atoms with Crippen molar-refractivity contribution < 1.29 is 0 Å². The van der Waals surface area contributed by atoms with Gasteiger partial charge in [-0.3, -0.25) is 5.41 Å². The zero-order chi connectivity index (χ0) is 13.4. The maximum Gasteiger partial charge on any atom is 0.124 e. The fraction of sp³-hybridized carbons (Fsp3) is 0.286. The lowest BCUT2D eigenvalue weighted by Crippen LogP contribution is -2.16. The molecule has 19 heavy (non-hydrogen) atoms. The quantitative estimate of drug-likeness (QED) is 0.653. The fourth-order valence-electron chi connectivity index (χ4n) is 2.61. The Morgan fingerprint density at radius 2 is 2.11 bits per heavy atom. The monoisotopic (exact) mass is 274 g/mol. The van der Waals surface area contributed by atoms with E-state index < -0.39 is 0 Å². The summed E-state index contributed by atoms with van der Waals surface area (Å²) < 4.78 is 2.04. The molecule has 1 aromatic carbocycles. The van der Waals surface area contributed by atoms with Crippen molar-refractivity contribution in [1.29, 1.82) is 5.41 Å². The van der Waals surface area contributed by atoms with E-state index >= 15 is 0 Å². The molecule has 0 bridgehead atoms. The first kappa shape index (κ1) is 12.2. The Bertz CT molecular complexity index is 645. The molecule has 0 spiro atoms. The van der Waals surface area contributed by atoms with E-state index in [1.165, 1.54) is 18.5 Å². The summed E-state index contributed by atoms with van der Waals surface area (Å²) in [6, 6.07) is 5.45. The average Bonchev–Trinajstić information content (AvgIpc) is 2.82. The highest BCUT2D eigenvalue weighted by atomic mass is 35.5. The van der Waals surface area contributed by atoms with Crippen molar-refractivity contribution in [3.8, 4) is 5.69 Å². The van der Waals surface area contributed by atoms with Gasteiger partial charge in [0.2, 0.25) is 0 Å². The molecule has 3 rings (SSSR count). The van der Waals surface area contributed by atoms with Crippen molar-refractivity contribution in [3.05, 3.63) is 46.5 Å². The van der Waals surface area contributed by atoms with E-state index in [4.69, 9.17) is 22.7 Å². The number of nitrogens with two attached hydrogens (primary N) is 1. The number of hydrogen-bond donors (Lipinski definition) is 2. The number of aryl methyl sites for hydroxylation is 1. The minimum atomic E-state index is 0.0239. The van der Waals surface area contributed by atoms with Gasteiger partial charge in [0.1, 0.15) is 5.84 Å². The molecule has 1 aliphatic rings. The van der Waals surface area contributed by atoms with E-state index in [-0.39, 0.29) is 5.84 Å². The summed E-state index contributed by atoms with van der Waals surface area (Å²) in [5, 5.41) is 8.29. The largest absolute Gasteiger partial charge is 0.384 e. The van der Waals surface area contributed by atoms with Gasteiger partial charge in [0, 0.05) is 16.3 Å². The molecule has 2 aromatic rings. The summed E-state index contributed by atoms with van der Waals surface area (Å²) in [5.74, 6) is 0.0239. The van der Waals surface area contributed by atoms with Gasteiger partial charge < -0.3 is 10.3 Å². The molecular weight excluding hydrogens is 260 g/mol. The first-order chi connectivity index (χ1) is 9.16. The van der Waals surface area contributed by atoms with Gasteiger partial charge in [-0.2, -0.15) is 0 Å². The molecule has 0 saturated carbocycles. The van der Waals surface area contributed by atoms with Crippen LogP contribution in [-0.4, -0.2) is 15.4 Å². The Hall–Kier alpha value is -1.81.